The molecule has 1 aromatic carbocycles. The van der Waals surface area contributed by atoms with Crippen LogP contribution in [0.4, 0.5) is 5.69 Å². The summed E-state index contributed by atoms with van der Waals surface area (Å²) in [6.07, 6.45) is 1.50. The summed E-state index contributed by atoms with van der Waals surface area (Å²) in [7, 11) is 0. The van der Waals surface area contributed by atoms with Gasteiger partial charge in [-0.3, -0.25) is 4.79 Å². The quantitative estimate of drug-likeness (QED) is 0.740. The molecule has 2 rings (SSSR count). The molecule has 0 aliphatic rings. The van der Waals surface area contributed by atoms with E-state index in [9.17, 15) is 4.79 Å². The maximum Gasteiger partial charge on any atom is 0.258 e. The van der Waals surface area contributed by atoms with Crippen molar-refractivity contribution in [3.8, 4) is 6.07 Å². The molecule has 0 aliphatic carbocycles. The number of halogens is 3. The molecular weight excluding hydrogens is 409 g/mol. The molecule has 0 radical (unpaired) electrons. The molecule has 0 bridgehead atoms. The summed E-state index contributed by atoms with van der Waals surface area (Å²) in [6, 6.07) is 8.56. The SMILES string of the molecule is N#Cc1ccc(Br)cc1NC(=O)c1cc(Br)cnc1Cl. The molecule has 1 aromatic heterocycles. The molecule has 2 aromatic rings. The van der Waals surface area contributed by atoms with Crippen LogP contribution in [0.3, 0.4) is 0 Å². The molecule has 0 aliphatic heterocycles. The number of nitriles is 1. The van der Waals surface area contributed by atoms with Crippen LogP contribution in [-0.2, 0) is 0 Å². The van der Waals surface area contributed by atoms with Gasteiger partial charge in [0.25, 0.3) is 5.91 Å². The van der Waals surface area contributed by atoms with Gasteiger partial charge in [0.2, 0.25) is 0 Å². The predicted octanol–water partition coefficient (Wildman–Crippen LogP) is 4.38. The van der Waals surface area contributed by atoms with Crippen molar-refractivity contribution in [1.82, 2.24) is 4.98 Å². The van der Waals surface area contributed by atoms with Gasteiger partial charge < -0.3 is 5.32 Å². The highest BCUT2D eigenvalue weighted by atomic mass is 79.9. The second kappa shape index (κ2) is 6.35. The normalized spacial score (nSPS) is 9.90. The van der Waals surface area contributed by atoms with Crippen LogP contribution >= 0.6 is 43.5 Å². The fraction of sp³-hybridized carbons (Fsp3) is 0. The Kier molecular flexibility index (Phi) is 4.76. The van der Waals surface area contributed by atoms with Gasteiger partial charge >= 0.3 is 0 Å². The molecule has 4 nitrogen and oxygen atoms in total. The number of pyridine rings is 1. The van der Waals surface area contributed by atoms with Crippen LogP contribution in [0, 0.1) is 11.3 Å². The van der Waals surface area contributed by atoms with Crippen molar-refractivity contribution >= 4 is 55.1 Å². The van der Waals surface area contributed by atoms with E-state index in [1.165, 1.54) is 6.20 Å². The third kappa shape index (κ3) is 3.37. The number of carbonyl (C=O) groups excluding carboxylic acids is 1. The number of amides is 1. The minimum absolute atomic E-state index is 0.0965. The van der Waals surface area contributed by atoms with Crippen LogP contribution in [0.1, 0.15) is 15.9 Å². The Hall–Kier alpha value is -1.42. The van der Waals surface area contributed by atoms with Crippen molar-refractivity contribution in [2.24, 2.45) is 0 Å². The molecule has 20 heavy (non-hydrogen) atoms. The van der Waals surface area contributed by atoms with Crippen molar-refractivity contribution in [2.45, 2.75) is 0 Å². The Balaban J connectivity index is 2.35. The summed E-state index contributed by atoms with van der Waals surface area (Å²) in [5.74, 6) is -0.432. The molecule has 0 saturated carbocycles. The Morgan fingerprint density at radius 3 is 2.75 bits per heavy atom. The first kappa shape index (κ1) is 15.0. The third-order valence-corrected chi connectivity index (χ3v) is 3.63. The first-order chi connectivity index (χ1) is 9.51. The van der Waals surface area contributed by atoms with E-state index in [0.717, 1.165) is 4.47 Å². The van der Waals surface area contributed by atoms with Gasteiger partial charge in [0, 0.05) is 15.1 Å². The highest BCUT2D eigenvalue weighted by molar-refractivity contribution is 9.10. The second-order valence-corrected chi connectivity index (χ2v) is 5.94. The Morgan fingerprint density at radius 1 is 1.30 bits per heavy atom. The molecular formula is C13H6Br2ClN3O. The second-order valence-electron chi connectivity index (χ2n) is 3.75. The van der Waals surface area contributed by atoms with Crippen LogP contribution in [0.15, 0.2) is 39.4 Å². The van der Waals surface area contributed by atoms with Gasteiger partial charge in [-0.25, -0.2) is 4.98 Å². The van der Waals surface area contributed by atoms with E-state index >= 15 is 0 Å². The summed E-state index contributed by atoms with van der Waals surface area (Å²) in [4.78, 5) is 16.1. The van der Waals surface area contributed by atoms with Crippen molar-refractivity contribution in [3.63, 3.8) is 0 Å². The van der Waals surface area contributed by atoms with E-state index in [1.807, 2.05) is 6.07 Å². The summed E-state index contributed by atoms with van der Waals surface area (Å²) >= 11 is 12.4. The molecule has 1 heterocycles. The third-order valence-electron chi connectivity index (χ3n) is 2.40. The highest BCUT2D eigenvalue weighted by Crippen LogP contribution is 2.23. The molecule has 1 amide bonds. The maximum atomic E-state index is 12.2. The lowest BCUT2D eigenvalue weighted by molar-refractivity contribution is 0.102. The molecule has 0 saturated heterocycles. The number of aromatic nitrogens is 1. The average molecular weight is 415 g/mol. The molecule has 7 heteroatoms. The van der Waals surface area contributed by atoms with E-state index in [-0.39, 0.29) is 10.7 Å². The van der Waals surface area contributed by atoms with E-state index in [2.05, 4.69) is 42.2 Å². The summed E-state index contributed by atoms with van der Waals surface area (Å²) in [5, 5.41) is 11.8. The molecule has 0 unspecified atom stereocenters. The standard InChI is InChI=1S/C13H6Br2ClN3O/c14-8-2-1-7(5-17)11(4-8)19-13(20)10-3-9(15)6-18-12(10)16/h1-4,6H,(H,19,20). The molecule has 1 N–H and O–H groups in total. The van der Waals surface area contributed by atoms with Crippen LogP contribution in [-0.4, -0.2) is 10.9 Å². The summed E-state index contributed by atoms with van der Waals surface area (Å²) in [6.45, 7) is 0. The molecule has 100 valence electrons. The van der Waals surface area contributed by atoms with E-state index in [0.29, 0.717) is 15.7 Å². The predicted molar refractivity (Wildman–Crippen MR) is 83.8 cm³/mol. The largest absolute Gasteiger partial charge is 0.321 e. The number of hydrogen-bond donors (Lipinski definition) is 1. The number of carbonyl (C=O) groups is 1. The van der Waals surface area contributed by atoms with Crippen molar-refractivity contribution in [1.29, 1.82) is 5.26 Å². The van der Waals surface area contributed by atoms with Gasteiger partial charge in [-0.1, -0.05) is 27.5 Å². The molecule has 0 fully saturated rings. The van der Waals surface area contributed by atoms with Gasteiger partial charge in [-0.15, -0.1) is 0 Å². The van der Waals surface area contributed by atoms with Crippen LogP contribution in [0.5, 0.6) is 0 Å². The van der Waals surface area contributed by atoms with Crippen LogP contribution in [0.2, 0.25) is 5.15 Å². The smallest absolute Gasteiger partial charge is 0.258 e. The summed E-state index contributed by atoms with van der Waals surface area (Å²) in [5.41, 5.74) is 0.994. The van der Waals surface area contributed by atoms with Gasteiger partial charge in [-0.2, -0.15) is 5.26 Å². The first-order valence-electron chi connectivity index (χ1n) is 5.33. The van der Waals surface area contributed by atoms with Crippen molar-refractivity contribution < 1.29 is 4.79 Å². The van der Waals surface area contributed by atoms with E-state index < -0.39 is 5.91 Å². The van der Waals surface area contributed by atoms with Gasteiger partial charge in [0.05, 0.1) is 16.8 Å². The topological polar surface area (TPSA) is 65.8 Å². The molecule has 0 atom stereocenters. The summed E-state index contributed by atoms with van der Waals surface area (Å²) < 4.78 is 1.40. The minimum Gasteiger partial charge on any atom is -0.321 e. The van der Waals surface area contributed by atoms with Crippen LogP contribution < -0.4 is 5.32 Å². The number of benzene rings is 1. The lowest BCUT2D eigenvalue weighted by atomic mass is 10.2. The van der Waals surface area contributed by atoms with Crippen molar-refractivity contribution in [3.05, 3.63) is 55.7 Å². The van der Waals surface area contributed by atoms with Crippen LogP contribution in [0.25, 0.3) is 0 Å². The lowest BCUT2D eigenvalue weighted by Gasteiger charge is -2.08. The zero-order chi connectivity index (χ0) is 14.7. The Labute approximate surface area is 137 Å². The first-order valence-corrected chi connectivity index (χ1v) is 7.29. The maximum absolute atomic E-state index is 12.2. The Bertz CT molecular complexity index is 728. The number of hydrogen-bond acceptors (Lipinski definition) is 3. The fourth-order valence-corrected chi connectivity index (χ4v) is 2.37. The Morgan fingerprint density at radius 2 is 2.05 bits per heavy atom. The minimum atomic E-state index is -0.432. The average Bonchev–Trinajstić information content (AvgIpc) is 2.41. The zero-order valence-electron chi connectivity index (χ0n) is 9.82. The number of nitrogens with one attached hydrogen (secondary N) is 1. The number of rotatable bonds is 2. The fourth-order valence-electron chi connectivity index (χ4n) is 1.49. The van der Waals surface area contributed by atoms with Gasteiger partial charge in [0.15, 0.2) is 0 Å². The number of anilines is 1. The highest BCUT2D eigenvalue weighted by Gasteiger charge is 2.14. The van der Waals surface area contributed by atoms with Gasteiger partial charge in [-0.05, 0) is 40.2 Å². The van der Waals surface area contributed by atoms with E-state index in [1.54, 1.807) is 24.3 Å². The lowest BCUT2D eigenvalue weighted by Crippen LogP contribution is -2.14. The monoisotopic (exact) mass is 413 g/mol. The van der Waals surface area contributed by atoms with Crippen molar-refractivity contribution in [2.75, 3.05) is 5.32 Å². The number of nitrogens with zero attached hydrogens (tertiary/aromatic N) is 2. The molecule has 0 spiro atoms. The van der Waals surface area contributed by atoms with Gasteiger partial charge in [0.1, 0.15) is 11.2 Å². The zero-order valence-corrected chi connectivity index (χ0v) is 13.8. The van der Waals surface area contributed by atoms with E-state index in [4.69, 9.17) is 16.9 Å².